The Balaban J connectivity index is 2.32. The molecule has 2 aromatic rings. The number of hydrogen-bond acceptors (Lipinski definition) is 3. The van der Waals surface area contributed by atoms with Crippen LogP contribution in [0.4, 0.5) is 0 Å². The van der Waals surface area contributed by atoms with Gasteiger partial charge in [-0.2, -0.15) is 0 Å². The first kappa shape index (κ1) is 13.5. The van der Waals surface area contributed by atoms with Gasteiger partial charge in [0.2, 0.25) is 5.89 Å². The lowest BCUT2D eigenvalue weighted by atomic mass is 9.87. The normalized spacial score (nSPS) is 11.6. The minimum atomic E-state index is 0.133. The van der Waals surface area contributed by atoms with Crippen LogP contribution in [-0.2, 0) is 16.6 Å². The van der Waals surface area contributed by atoms with Crippen molar-refractivity contribution in [3.63, 3.8) is 0 Å². The average Bonchev–Trinajstić information content (AvgIpc) is 2.71. The van der Waals surface area contributed by atoms with Gasteiger partial charge in [0.05, 0.1) is 5.69 Å². The van der Waals surface area contributed by atoms with Crippen LogP contribution in [0.3, 0.4) is 0 Å². The van der Waals surface area contributed by atoms with E-state index in [0.29, 0.717) is 23.8 Å². The van der Waals surface area contributed by atoms with Crippen molar-refractivity contribution >= 4 is 6.29 Å². The van der Waals surface area contributed by atoms with E-state index in [1.54, 1.807) is 0 Å². The molecule has 0 N–H and O–H groups in total. The van der Waals surface area contributed by atoms with Crippen molar-refractivity contribution in [3.05, 3.63) is 41.3 Å². The Kier molecular flexibility index (Phi) is 3.56. The first-order valence-electron chi connectivity index (χ1n) is 6.42. The zero-order chi connectivity index (χ0) is 14.0. The second kappa shape index (κ2) is 5.00. The fraction of sp³-hybridized carbons (Fsp3) is 0.375. The highest BCUT2D eigenvalue weighted by Gasteiger charge is 2.15. The average molecular weight is 257 g/mol. The molecule has 100 valence electrons. The third kappa shape index (κ3) is 2.92. The molecule has 0 radical (unpaired) electrons. The smallest absolute Gasteiger partial charge is 0.226 e. The maximum Gasteiger partial charge on any atom is 0.226 e. The monoisotopic (exact) mass is 257 g/mol. The molecule has 0 fully saturated rings. The lowest BCUT2D eigenvalue weighted by Gasteiger charge is -2.18. The molecule has 0 spiro atoms. The molecule has 0 amide bonds. The molecule has 0 bridgehead atoms. The molecule has 1 aromatic carbocycles. The van der Waals surface area contributed by atoms with Gasteiger partial charge >= 0.3 is 0 Å². The summed E-state index contributed by atoms with van der Waals surface area (Å²) in [6, 6.07) is 8.20. The highest BCUT2D eigenvalue weighted by atomic mass is 16.4. The van der Waals surface area contributed by atoms with Crippen LogP contribution in [0.1, 0.15) is 37.8 Å². The highest BCUT2D eigenvalue weighted by Crippen LogP contribution is 2.26. The number of aryl methyl sites for hydroxylation is 1. The molecule has 0 aliphatic carbocycles. The van der Waals surface area contributed by atoms with E-state index < -0.39 is 0 Å². The molecular formula is C16H19NO2. The van der Waals surface area contributed by atoms with Crippen molar-refractivity contribution in [2.75, 3.05) is 0 Å². The van der Waals surface area contributed by atoms with Gasteiger partial charge in [0.1, 0.15) is 12.0 Å². The van der Waals surface area contributed by atoms with Crippen LogP contribution in [0.5, 0.6) is 0 Å². The minimum Gasteiger partial charge on any atom is -0.441 e. The fourth-order valence-electron chi connectivity index (χ4n) is 1.93. The lowest BCUT2D eigenvalue weighted by molar-refractivity contribution is -0.107. The summed E-state index contributed by atoms with van der Waals surface area (Å²) in [5.74, 6) is 1.29. The molecular weight excluding hydrogens is 238 g/mol. The van der Waals surface area contributed by atoms with Crippen molar-refractivity contribution in [2.24, 2.45) is 0 Å². The Morgan fingerprint density at radius 2 is 1.84 bits per heavy atom. The van der Waals surface area contributed by atoms with Gasteiger partial charge in [0.15, 0.2) is 0 Å². The lowest BCUT2D eigenvalue weighted by Crippen LogP contribution is -2.10. The van der Waals surface area contributed by atoms with Crippen LogP contribution in [0.25, 0.3) is 11.5 Å². The van der Waals surface area contributed by atoms with Crippen LogP contribution in [0.2, 0.25) is 0 Å². The van der Waals surface area contributed by atoms with Crippen LogP contribution in [0.15, 0.2) is 28.7 Å². The Hall–Kier alpha value is -1.90. The first-order valence-corrected chi connectivity index (χ1v) is 6.42. The van der Waals surface area contributed by atoms with E-state index >= 15 is 0 Å². The van der Waals surface area contributed by atoms with Crippen molar-refractivity contribution in [1.82, 2.24) is 4.98 Å². The minimum absolute atomic E-state index is 0.133. The standard InChI is InChI=1S/C16H19NO2/c1-11-14(9-10-18)17-15(19-11)12-5-7-13(8-6-12)16(2,3)4/h5-8,10H,9H2,1-4H3. The predicted molar refractivity (Wildman–Crippen MR) is 75.1 cm³/mol. The zero-order valence-electron chi connectivity index (χ0n) is 11.9. The van der Waals surface area contributed by atoms with Crippen molar-refractivity contribution in [1.29, 1.82) is 0 Å². The number of carbonyl (C=O) groups excluding carboxylic acids is 1. The second-order valence-corrected chi connectivity index (χ2v) is 5.72. The van der Waals surface area contributed by atoms with Gasteiger partial charge in [-0.15, -0.1) is 0 Å². The molecule has 0 saturated heterocycles. The Morgan fingerprint density at radius 3 is 2.37 bits per heavy atom. The summed E-state index contributed by atoms with van der Waals surface area (Å²) in [6.45, 7) is 8.37. The van der Waals surface area contributed by atoms with Gasteiger partial charge < -0.3 is 9.21 Å². The van der Waals surface area contributed by atoms with Gasteiger partial charge in [0, 0.05) is 12.0 Å². The summed E-state index contributed by atoms with van der Waals surface area (Å²) >= 11 is 0. The summed E-state index contributed by atoms with van der Waals surface area (Å²) in [5, 5.41) is 0. The van der Waals surface area contributed by atoms with Gasteiger partial charge in [-0.05, 0) is 30.0 Å². The second-order valence-electron chi connectivity index (χ2n) is 5.72. The number of nitrogens with zero attached hydrogens (tertiary/aromatic N) is 1. The maximum atomic E-state index is 10.5. The predicted octanol–water partition coefficient (Wildman–Crippen LogP) is 3.69. The number of carbonyl (C=O) groups is 1. The quantitative estimate of drug-likeness (QED) is 0.788. The van der Waals surface area contributed by atoms with Gasteiger partial charge in [-0.25, -0.2) is 4.98 Å². The van der Waals surface area contributed by atoms with E-state index in [4.69, 9.17) is 4.42 Å². The Bertz CT molecular complexity index is 574. The number of oxazole rings is 1. The summed E-state index contributed by atoms with van der Waals surface area (Å²) in [5.41, 5.74) is 3.05. The zero-order valence-corrected chi connectivity index (χ0v) is 11.9. The third-order valence-electron chi connectivity index (χ3n) is 3.17. The molecule has 19 heavy (non-hydrogen) atoms. The molecule has 0 aliphatic heterocycles. The number of aldehydes is 1. The first-order chi connectivity index (χ1) is 8.91. The topological polar surface area (TPSA) is 43.1 Å². The van der Waals surface area contributed by atoms with E-state index in [9.17, 15) is 4.79 Å². The van der Waals surface area contributed by atoms with Crippen LogP contribution in [0, 0.1) is 6.92 Å². The van der Waals surface area contributed by atoms with Crippen LogP contribution in [-0.4, -0.2) is 11.3 Å². The Morgan fingerprint density at radius 1 is 1.21 bits per heavy atom. The van der Waals surface area contributed by atoms with Gasteiger partial charge in [-0.1, -0.05) is 32.9 Å². The van der Waals surface area contributed by atoms with Crippen molar-refractivity contribution in [3.8, 4) is 11.5 Å². The van der Waals surface area contributed by atoms with Crippen LogP contribution < -0.4 is 0 Å². The molecule has 0 saturated carbocycles. The maximum absolute atomic E-state index is 10.5. The Labute approximate surface area is 113 Å². The number of benzene rings is 1. The molecule has 0 unspecified atom stereocenters. The van der Waals surface area contributed by atoms with E-state index in [-0.39, 0.29) is 5.41 Å². The van der Waals surface area contributed by atoms with E-state index in [0.717, 1.165) is 11.8 Å². The SMILES string of the molecule is Cc1oc(-c2ccc(C(C)(C)C)cc2)nc1CC=O. The molecule has 3 nitrogen and oxygen atoms in total. The van der Waals surface area contributed by atoms with Crippen molar-refractivity contribution in [2.45, 2.75) is 39.5 Å². The largest absolute Gasteiger partial charge is 0.441 e. The molecule has 0 atom stereocenters. The third-order valence-corrected chi connectivity index (χ3v) is 3.17. The summed E-state index contributed by atoms with van der Waals surface area (Å²) < 4.78 is 5.61. The summed E-state index contributed by atoms with van der Waals surface area (Å²) in [4.78, 5) is 14.9. The summed E-state index contributed by atoms with van der Waals surface area (Å²) in [7, 11) is 0. The highest BCUT2D eigenvalue weighted by molar-refractivity contribution is 5.58. The van der Waals surface area contributed by atoms with E-state index in [1.165, 1.54) is 5.56 Å². The molecule has 3 heteroatoms. The molecule has 1 aromatic heterocycles. The number of aromatic nitrogens is 1. The van der Waals surface area contributed by atoms with Crippen LogP contribution >= 0.6 is 0 Å². The van der Waals surface area contributed by atoms with Gasteiger partial charge in [-0.3, -0.25) is 0 Å². The molecule has 2 rings (SSSR count). The molecule has 0 aliphatic rings. The fourth-order valence-corrected chi connectivity index (χ4v) is 1.93. The number of rotatable bonds is 3. The van der Waals surface area contributed by atoms with Crippen molar-refractivity contribution < 1.29 is 9.21 Å². The van der Waals surface area contributed by atoms with Gasteiger partial charge in [0.25, 0.3) is 0 Å². The number of hydrogen-bond donors (Lipinski definition) is 0. The molecule has 1 heterocycles. The van der Waals surface area contributed by atoms with E-state index in [2.05, 4.69) is 37.9 Å². The van der Waals surface area contributed by atoms with E-state index in [1.807, 2.05) is 19.1 Å². The summed E-state index contributed by atoms with van der Waals surface area (Å²) in [6.07, 6.45) is 1.15.